The molecule has 0 amide bonds. The summed E-state index contributed by atoms with van der Waals surface area (Å²) in [6.07, 6.45) is 5.32. The Morgan fingerprint density at radius 3 is 2.92 bits per heavy atom. The number of aromatic nitrogens is 2. The first-order valence-electron chi connectivity index (χ1n) is 8.31. The molecule has 1 aromatic carbocycles. The number of hydrogen-bond donors (Lipinski definition) is 2. The monoisotopic (exact) mass is 477 g/mol. The molecule has 25 heavy (non-hydrogen) atoms. The van der Waals surface area contributed by atoms with Crippen LogP contribution in [0.4, 0.5) is 0 Å². The van der Waals surface area contributed by atoms with Crippen LogP contribution < -0.4 is 11.1 Å². The number of aliphatic imine (C=N–C) groups is 1. The fraction of sp³-hybridized carbons (Fsp3) is 0.471. The summed E-state index contributed by atoms with van der Waals surface area (Å²) in [7, 11) is 0. The van der Waals surface area contributed by atoms with Crippen LogP contribution in [0.1, 0.15) is 38.5 Å². The summed E-state index contributed by atoms with van der Waals surface area (Å²) in [5, 5.41) is 7.67. The number of nitrogens with zero attached hydrogens (tertiary/aromatic N) is 3. The maximum atomic E-state index is 5.97. The van der Waals surface area contributed by atoms with Crippen molar-refractivity contribution in [2.45, 2.75) is 39.0 Å². The Morgan fingerprint density at radius 2 is 2.16 bits per heavy atom. The summed E-state index contributed by atoms with van der Waals surface area (Å²) in [4.78, 5) is 8.65. The molecule has 0 radical (unpaired) electrons. The van der Waals surface area contributed by atoms with Crippen LogP contribution >= 0.6 is 35.6 Å². The van der Waals surface area contributed by atoms with E-state index in [1.54, 1.807) is 12.1 Å². The molecule has 3 N–H and O–H groups in total. The minimum atomic E-state index is 0. The van der Waals surface area contributed by atoms with E-state index < -0.39 is 0 Å². The molecule has 0 aliphatic carbocycles. The van der Waals surface area contributed by atoms with Crippen LogP contribution in [0.2, 0.25) is 5.02 Å². The first kappa shape index (κ1) is 21.7. The van der Waals surface area contributed by atoms with E-state index in [9.17, 15) is 0 Å². The third-order valence-electron chi connectivity index (χ3n) is 3.49. The highest BCUT2D eigenvalue weighted by Crippen LogP contribution is 2.19. The van der Waals surface area contributed by atoms with E-state index in [2.05, 4.69) is 27.4 Å². The van der Waals surface area contributed by atoms with Crippen molar-refractivity contribution < 1.29 is 4.52 Å². The highest BCUT2D eigenvalue weighted by Gasteiger charge is 2.08. The molecule has 1 aromatic heterocycles. The standard InChI is InChI=1S/C17H24ClN5O.HI/c1-2-3-4-5-10-20-17(19)21-11-9-15-22-16(23-24-15)13-7-6-8-14(18)12-13;/h6-8,12H,2-5,9-11H2,1H3,(H3,19,20,21);1H. The predicted molar refractivity (Wildman–Crippen MR) is 112 cm³/mol. The van der Waals surface area contributed by atoms with E-state index in [1.807, 2.05) is 12.1 Å². The molecule has 0 fully saturated rings. The van der Waals surface area contributed by atoms with Crippen molar-refractivity contribution in [1.82, 2.24) is 15.5 Å². The van der Waals surface area contributed by atoms with Gasteiger partial charge in [0, 0.05) is 30.1 Å². The van der Waals surface area contributed by atoms with Gasteiger partial charge in [0.2, 0.25) is 11.7 Å². The number of halogens is 2. The molecular weight excluding hydrogens is 453 g/mol. The van der Waals surface area contributed by atoms with Gasteiger partial charge >= 0.3 is 0 Å². The minimum absolute atomic E-state index is 0. The maximum Gasteiger partial charge on any atom is 0.228 e. The van der Waals surface area contributed by atoms with Gasteiger partial charge in [0.15, 0.2) is 5.96 Å². The zero-order valence-corrected chi connectivity index (χ0v) is 17.5. The first-order chi connectivity index (χ1) is 11.7. The van der Waals surface area contributed by atoms with Crippen molar-refractivity contribution in [3.63, 3.8) is 0 Å². The molecule has 0 bridgehead atoms. The highest BCUT2D eigenvalue weighted by molar-refractivity contribution is 14.0. The molecule has 0 spiro atoms. The number of hydrogen-bond acceptors (Lipinski definition) is 4. The van der Waals surface area contributed by atoms with Gasteiger partial charge in [0.1, 0.15) is 0 Å². The van der Waals surface area contributed by atoms with Gasteiger partial charge in [-0.2, -0.15) is 4.98 Å². The molecule has 1 heterocycles. The second-order valence-corrected chi connectivity index (χ2v) is 5.96. The topological polar surface area (TPSA) is 89.3 Å². The number of unbranched alkanes of at least 4 members (excludes halogenated alkanes) is 3. The van der Waals surface area contributed by atoms with Crippen LogP contribution in [0.3, 0.4) is 0 Å². The molecule has 138 valence electrons. The summed E-state index contributed by atoms with van der Waals surface area (Å²) < 4.78 is 5.24. The van der Waals surface area contributed by atoms with Crippen molar-refractivity contribution in [2.24, 2.45) is 10.7 Å². The van der Waals surface area contributed by atoms with Crippen LogP contribution in [0, 0.1) is 0 Å². The van der Waals surface area contributed by atoms with E-state index in [0.717, 1.165) is 18.5 Å². The van der Waals surface area contributed by atoms with Crippen LogP contribution in [-0.4, -0.2) is 29.2 Å². The van der Waals surface area contributed by atoms with Crippen molar-refractivity contribution in [3.8, 4) is 11.4 Å². The van der Waals surface area contributed by atoms with Gasteiger partial charge in [-0.3, -0.25) is 4.99 Å². The quantitative estimate of drug-likeness (QED) is 0.246. The van der Waals surface area contributed by atoms with E-state index >= 15 is 0 Å². The van der Waals surface area contributed by atoms with Crippen molar-refractivity contribution >= 4 is 41.5 Å². The Bertz CT molecular complexity index is 662. The molecule has 2 rings (SSSR count). The van der Waals surface area contributed by atoms with Crippen LogP contribution in [-0.2, 0) is 6.42 Å². The predicted octanol–water partition coefficient (Wildman–Crippen LogP) is 4.04. The summed E-state index contributed by atoms with van der Waals surface area (Å²) in [5.74, 6) is 1.54. The third kappa shape index (κ3) is 8.04. The summed E-state index contributed by atoms with van der Waals surface area (Å²) >= 11 is 5.97. The lowest BCUT2D eigenvalue weighted by atomic mass is 10.2. The highest BCUT2D eigenvalue weighted by atomic mass is 127. The Hall–Kier alpha value is -1.35. The number of benzene rings is 1. The lowest BCUT2D eigenvalue weighted by Crippen LogP contribution is -2.33. The van der Waals surface area contributed by atoms with Gasteiger partial charge < -0.3 is 15.6 Å². The lowest BCUT2D eigenvalue weighted by Gasteiger charge is -2.03. The average molecular weight is 478 g/mol. The van der Waals surface area contributed by atoms with Gasteiger partial charge in [-0.15, -0.1) is 24.0 Å². The number of guanidine groups is 1. The second kappa shape index (κ2) is 12.1. The summed E-state index contributed by atoms with van der Waals surface area (Å²) in [6.45, 7) is 3.55. The summed E-state index contributed by atoms with van der Waals surface area (Å²) in [6, 6.07) is 7.35. The van der Waals surface area contributed by atoms with Crippen LogP contribution in [0.25, 0.3) is 11.4 Å². The zero-order valence-electron chi connectivity index (χ0n) is 14.4. The maximum absolute atomic E-state index is 5.97. The van der Waals surface area contributed by atoms with E-state index in [0.29, 0.717) is 35.7 Å². The number of nitrogens with two attached hydrogens (primary N) is 1. The Morgan fingerprint density at radius 1 is 1.32 bits per heavy atom. The molecule has 0 atom stereocenters. The number of rotatable bonds is 9. The normalized spacial score (nSPS) is 11.2. The van der Waals surface area contributed by atoms with Gasteiger partial charge in [-0.05, 0) is 18.6 Å². The van der Waals surface area contributed by atoms with E-state index in [-0.39, 0.29) is 24.0 Å². The Balaban J connectivity index is 0.00000312. The molecule has 0 unspecified atom stereocenters. The SMILES string of the molecule is CCCCCCN=C(N)NCCc1nc(-c2cccc(Cl)c2)no1.I. The summed E-state index contributed by atoms with van der Waals surface area (Å²) in [5.41, 5.74) is 6.66. The minimum Gasteiger partial charge on any atom is -0.370 e. The lowest BCUT2D eigenvalue weighted by molar-refractivity contribution is 0.379. The largest absolute Gasteiger partial charge is 0.370 e. The number of nitrogens with one attached hydrogen (secondary N) is 1. The van der Waals surface area contributed by atoms with Gasteiger partial charge in [0.05, 0.1) is 0 Å². The van der Waals surface area contributed by atoms with Crippen LogP contribution in [0.5, 0.6) is 0 Å². The average Bonchev–Trinajstić information content (AvgIpc) is 3.04. The van der Waals surface area contributed by atoms with Gasteiger partial charge in [-0.25, -0.2) is 0 Å². The molecule has 0 aliphatic rings. The molecule has 6 nitrogen and oxygen atoms in total. The van der Waals surface area contributed by atoms with Gasteiger partial charge in [-0.1, -0.05) is 55.1 Å². The van der Waals surface area contributed by atoms with Gasteiger partial charge in [0.25, 0.3) is 0 Å². The van der Waals surface area contributed by atoms with E-state index in [1.165, 1.54) is 19.3 Å². The zero-order chi connectivity index (χ0) is 17.2. The molecule has 8 heteroatoms. The van der Waals surface area contributed by atoms with Crippen LogP contribution in [0.15, 0.2) is 33.8 Å². The fourth-order valence-corrected chi connectivity index (χ4v) is 2.38. The smallest absolute Gasteiger partial charge is 0.228 e. The molecule has 0 aliphatic heterocycles. The Labute approximate surface area is 170 Å². The van der Waals surface area contributed by atoms with Crippen molar-refractivity contribution in [3.05, 3.63) is 35.2 Å². The molecule has 0 saturated heterocycles. The Kier molecular flexibility index (Phi) is 10.5. The van der Waals surface area contributed by atoms with Crippen molar-refractivity contribution in [2.75, 3.05) is 13.1 Å². The molecule has 0 saturated carbocycles. The van der Waals surface area contributed by atoms with E-state index in [4.69, 9.17) is 21.9 Å². The molecule has 2 aromatic rings. The van der Waals surface area contributed by atoms with Crippen molar-refractivity contribution in [1.29, 1.82) is 0 Å². The third-order valence-corrected chi connectivity index (χ3v) is 3.72. The second-order valence-electron chi connectivity index (χ2n) is 5.53. The molecular formula is C17H25ClIN5O. The first-order valence-corrected chi connectivity index (χ1v) is 8.69. The fourth-order valence-electron chi connectivity index (χ4n) is 2.19.